The summed E-state index contributed by atoms with van der Waals surface area (Å²) < 4.78 is 10.5. The Morgan fingerprint density at radius 1 is 1.00 bits per heavy atom. The van der Waals surface area contributed by atoms with Crippen molar-refractivity contribution in [1.29, 1.82) is 0 Å². The fraction of sp³-hybridized carbons (Fsp3) is 0.400. The van der Waals surface area contributed by atoms with Crippen LogP contribution in [0.1, 0.15) is 5.56 Å². The van der Waals surface area contributed by atoms with Crippen LogP contribution in [0.2, 0.25) is 0 Å². The largest absolute Gasteiger partial charge is 0.493 e. The van der Waals surface area contributed by atoms with E-state index in [1.54, 1.807) is 18.2 Å². The molecule has 1 saturated heterocycles. The highest BCUT2D eigenvalue weighted by molar-refractivity contribution is 6.15. The van der Waals surface area contributed by atoms with Crippen molar-refractivity contribution in [1.82, 2.24) is 9.80 Å². The van der Waals surface area contributed by atoms with Crippen molar-refractivity contribution in [2.75, 3.05) is 28.3 Å². The molecule has 7 nitrogen and oxygen atoms in total. The average molecular weight is 306 g/mol. The zero-order chi connectivity index (χ0) is 16.4. The molecule has 1 heterocycles. The number of carbonyl (C=O) groups excluding carboxylic acids is 3. The first-order valence-corrected chi connectivity index (χ1v) is 6.71. The van der Waals surface area contributed by atoms with Gasteiger partial charge in [-0.2, -0.15) is 0 Å². The monoisotopic (exact) mass is 306 g/mol. The van der Waals surface area contributed by atoms with Crippen molar-refractivity contribution in [3.05, 3.63) is 23.8 Å². The molecule has 0 N–H and O–H groups in total. The third-order valence-electron chi connectivity index (χ3n) is 3.74. The normalized spacial score (nSPS) is 16.3. The van der Waals surface area contributed by atoms with Crippen molar-refractivity contribution in [3.8, 4) is 11.5 Å². The van der Waals surface area contributed by atoms with Crippen molar-refractivity contribution in [2.24, 2.45) is 5.92 Å². The molecule has 0 spiro atoms. The number of urea groups is 1. The van der Waals surface area contributed by atoms with Crippen LogP contribution in [0.15, 0.2) is 18.2 Å². The van der Waals surface area contributed by atoms with E-state index in [1.165, 1.54) is 28.3 Å². The third-order valence-corrected chi connectivity index (χ3v) is 3.74. The number of barbiturate groups is 1. The molecule has 118 valence electrons. The molecule has 0 aliphatic carbocycles. The summed E-state index contributed by atoms with van der Waals surface area (Å²) in [7, 11) is 5.74. The van der Waals surface area contributed by atoms with Crippen LogP contribution in [-0.4, -0.2) is 56.0 Å². The van der Waals surface area contributed by atoms with Crippen molar-refractivity contribution in [2.45, 2.75) is 6.42 Å². The van der Waals surface area contributed by atoms with E-state index in [0.29, 0.717) is 17.1 Å². The Kier molecular flexibility index (Phi) is 4.35. The van der Waals surface area contributed by atoms with E-state index in [0.717, 1.165) is 9.80 Å². The van der Waals surface area contributed by atoms with E-state index in [9.17, 15) is 14.4 Å². The van der Waals surface area contributed by atoms with E-state index in [-0.39, 0.29) is 6.42 Å². The molecule has 0 bridgehead atoms. The van der Waals surface area contributed by atoms with Gasteiger partial charge in [-0.05, 0) is 18.1 Å². The molecule has 0 atom stereocenters. The van der Waals surface area contributed by atoms with E-state index in [2.05, 4.69) is 0 Å². The molecule has 2 rings (SSSR count). The third kappa shape index (κ3) is 2.49. The lowest BCUT2D eigenvalue weighted by atomic mass is 9.94. The van der Waals surface area contributed by atoms with E-state index < -0.39 is 23.8 Å². The van der Waals surface area contributed by atoms with Gasteiger partial charge in [0.2, 0.25) is 11.8 Å². The summed E-state index contributed by atoms with van der Waals surface area (Å²) in [4.78, 5) is 38.1. The number of imide groups is 2. The van der Waals surface area contributed by atoms with Gasteiger partial charge in [0.15, 0.2) is 11.5 Å². The molecule has 1 aromatic rings. The molecule has 0 unspecified atom stereocenters. The second-order valence-electron chi connectivity index (χ2n) is 4.99. The molecule has 0 aromatic heterocycles. The first-order chi connectivity index (χ1) is 10.4. The topological polar surface area (TPSA) is 76.2 Å². The molecule has 1 aliphatic rings. The molecular weight excluding hydrogens is 288 g/mol. The zero-order valence-electron chi connectivity index (χ0n) is 13.0. The Morgan fingerprint density at radius 2 is 1.59 bits per heavy atom. The van der Waals surface area contributed by atoms with Gasteiger partial charge in [-0.3, -0.25) is 19.4 Å². The van der Waals surface area contributed by atoms with Gasteiger partial charge >= 0.3 is 6.03 Å². The van der Waals surface area contributed by atoms with Crippen LogP contribution in [0.25, 0.3) is 0 Å². The summed E-state index contributed by atoms with van der Waals surface area (Å²) >= 11 is 0. The second kappa shape index (κ2) is 6.05. The number of carbonyl (C=O) groups is 3. The second-order valence-corrected chi connectivity index (χ2v) is 4.99. The van der Waals surface area contributed by atoms with Crippen LogP contribution in [-0.2, 0) is 16.0 Å². The van der Waals surface area contributed by atoms with Gasteiger partial charge in [-0.25, -0.2) is 4.79 Å². The van der Waals surface area contributed by atoms with Crippen LogP contribution < -0.4 is 9.47 Å². The Labute approximate surface area is 128 Å². The lowest BCUT2D eigenvalue weighted by Crippen LogP contribution is -2.57. The number of methoxy groups -OCH3 is 2. The van der Waals surface area contributed by atoms with Gasteiger partial charge in [0, 0.05) is 14.1 Å². The number of para-hydroxylation sites is 1. The Morgan fingerprint density at radius 3 is 2.09 bits per heavy atom. The number of hydrogen-bond acceptors (Lipinski definition) is 5. The van der Waals surface area contributed by atoms with E-state index in [1.807, 2.05) is 0 Å². The van der Waals surface area contributed by atoms with Crippen LogP contribution in [0.4, 0.5) is 4.79 Å². The van der Waals surface area contributed by atoms with Crippen LogP contribution in [0.3, 0.4) is 0 Å². The summed E-state index contributed by atoms with van der Waals surface area (Å²) in [5.41, 5.74) is 0.671. The van der Waals surface area contributed by atoms with E-state index in [4.69, 9.17) is 9.47 Å². The molecule has 7 heteroatoms. The molecular formula is C15H18N2O5. The molecule has 1 aliphatic heterocycles. The standard InChI is InChI=1S/C15H18N2O5/c1-16-13(18)10(14(19)17(2)15(16)20)8-9-6-5-7-11(21-3)12(9)22-4/h5-7,10H,8H2,1-4H3. The van der Waals surface area contributed by atoms with E-state index >= 15 is 0 Å². The lowest BCUT2D eigenvalue weighted by Gasteiger charge is -2.33. The minimum Gasteiger partial charge on any atom is -0.493 e. The quantitative estimate of drug-likeness (QED) is 0.773. The van der Waals surface area contributed by atoms with Gasteiger partial charge in [0.1, 0.15) is 5.92 Å². The number of hydrogen-bond donors (Lipinski definition) is 0. The summed E-state index contributed by atoms with van der Waals surface area (Å²) in [6.45, 7) is 0. The van der Waals surface area contributed by atoms with Crippen LogP contribution in [0.5, 0.6) is 11.5 Å². The van der Waals surface area contributed by atoms with Gasteiger partial charge < -0.3 is 9.47 Å². The minimum atomic E-state index is -0.950. The molecule has 1 fully saturated rings. The Bertz CT molecular complexity index is 604. The maximum absolute atomic E-state index is 12.2. The summed E-state index contributed by atoms with van der Waals surface area (Å²) in [5.74, 6) is -0.981. The highest BCUT2D eigenvalue weighted by Gasteiger charge is 2.42. The Balaban J connectivity index is 2.36. The van der Waals surface area contributed by atoms with Crippen molar-refractivity contribution < 1.29 is 23.9 Å². The average Bonchev–Trinajstić information content (AvgIpc) is 2.54. The highest BCUT2D eigenvalue weighted by atomic mass is 16.5. The summed E-state index contributed by atoms with van der Waals surface area (Å²) in [6.07, 6.45) is 0.139. The van der Waals surface area contributed by atoms with Crippen molar-refractivity contribution >= 4 is 17.8 Å². The zero-order valence-corrected chi connectivity index (χ0v) is 13.0. The minimum absolute atomic E-state index is 0.139. The predicted molar refractivity (Wildman–Crippen MR) is 77.7 cm³/mol. The fourth-order valence-corrected chi connectivity index (χ4v) is 2.50. The van der Waals surface area contributed by atoms with Gasteiger partial charge in [-0.1, -0.05) is 12.1 Å². The Hall–Kier alpha value is -2.57. The summed E-state index contributed by atoms with van der Waals surface area (Å²) in [6, 6.07) is 4.63. The summed E-state index contributed by atoms with van der Waals surface area (Å²) in [5, 5.41) is 0. The first-order valence-electron chi connectivity index (χ1n) is 6.71. The molecule has 1 aromatic carbocycles. The first kappa shape index (κ1) is 15.8. The SMILES string of the molecule is COc1cccc(CC2C(=O)N(C)C(=O)N(C)C2=O)c1OC. The number of benzene rings is 1. The smallest absolute Gasteiger partial charge is 0.332 e. The van der Waals surface area contributed by atoms with Gasteiger partial charge in [0.05, 0.1) is 14.2 Å². The number of rotatable bonds is 4. The molecule has 22 heavy (non-hydrogen) atoms. The van der Waals surface area contributed by atoms with Crippen molar-refractivity contribution in [3.63, 3.8) is 0 Å². The van der Waals surface area contributed by atoms with Gasteiger partial charge in [0.25, 0.3) is 0 Å². The molecule has 4 amide bonds. The predicted octanol–water partition coefficient (Wildman–Crippen LogP) is 0.913. The maximum Gasteiger partial charge on any atom is 0.332 e. The lowest BCUT2D eigenvalue weighted by molar-refractivity contribution is -0.147. The molecule has 0 saturated carbocycles. The number of ether oxygens (including phenoxy) is 2. The maximum atomic E-state index is 12.2. The highest BCUT2D eigenvalue weighted by Crippen LogP contribution is 2.33. The fourth-order valence-electron chi connectivity index (χ4n) is 2.50. The number of nitrogens with zero attached hydrogens (tertiary/aromatic N) is 2. The van der Waals surface area contributed by atoms with Gasteiger partial charge in [-0.15, -0.1) is 0 Å². The van der Waals surface area contributed by atoms with Crippen LogP contribution in [0, 0.1) is 5.92 Å². The van der Waals surface area contributed by atoms with Crippen LogP contribution >= 0.6 is 0 Å². The molecule has 0 radical (unpaired) electrons. The number of amides is 4.